The molecule has 0 heterocycles. The van der Waals surface area contributed by atoms with Crippen molar-refractivity contribution in [3.8, 4) is 0 Å². The monoisotopic (exact) mass is 440 g/mol. The smallest absolute Gasteiger partial charge is 0.375 e. The minimum atomic E-state index is -4.47. The first-order chi connectivity index (χ1) is 13.4. The van der Waals surface area contributed by atoms with Crippen LogP contribution in [0.2, 0.25) is 0 Å². The zero-order valence-corrected chi connectivity index (χ0v) is 16.3. The van der Waals surface area contributed by atoms with E-state index in [-0.39, 0.29) is 17.1 Å². The second-order valence-electron chi connectivity index (χ2n) is 6.38. The van der Waals surface area contributed by atoms with Gasteiger partial charge in [0, 0.05) is 11.4 Å². The molecule has 10 heteroatoms. The number of nitrogens with one attached hydrogen (secondary N) is 2. The summed E-state index contributed by atoms with van der Waals surface area (Å²) >= 11 is 0.545. The van der Waals surface area contributed by atoms with Crippen molar-refractivity contribution in [2.45, 2.75) is 30.2 Å². The van der Waals surface area contributed by atoms with Gasteiger partial charge in [0.2, 0.25) is 0 Å². The van der Waals surface area contributed by atoms with Gasteiger partial charge in [-0.25, -0.2) is 4.39 Å². The number of anilines is 1. The van der Waals surface area contributed by atoms with Gasteiger partial charge < -0.3 is 10.6 Å². The quantitative estimate of drug-likeness (QED) is 0.397. The van der Waals surface area contributed by atoms with Gasteiger partial charge in [0.05, 0.1) is 23.0 Å². The van der Waals surface area contributed by atoms with Gasteiger partial charge in [-0.2, -0.15) is 26.3 Å². The van der Waals surface area contributed by atoms with Crippen LogP contribution in [0, 0.1) is 12.7 Å². The third-order valence-electron chi connectivity index (χ3n) is 4.03. The van der Waals surface area contributed by atoms with Gasteiger partial charge in [0.15, 0.2) is 0 Å². The molecule has 2 nitrogen and oxygen atoms in total. The van der Waals surface area contributed by atoms with Gasteiger partial charge in [0.1, 0.15) is 5.82 Å². The molecular formula is C19H19F7N2S. The largest absolute Gasteiger partial charge is 0.416 e. The molecule has 29 heavy (non-hydrogen) atoms. The SMILES string of the molecule is CNCC(Nc1cc(SCC(F)(F)F)c(C)cc1F)c1ccc(C(F)(F)F)cc1. The maximum atomic E-state index is 14.4. The van der Waals surface area contributed by atoms with Crippen LogP contribution in [-0.4, -0.2) is 25.5 Å². The number of hydrogen-bond acceptors (Lipinski definition) is 3. The molecule has 0 saturated carbocycles. The normalized spacial score (nSPS) is 13.4. The lowest BCUT2D eigenvalue weighted by molar-refractivity contribution is -0.137. The van der Waals surface area contributed by atoms with E-state index >= 15 is 0 Å². The van der Waals surface area contributed by atoms with Crippen molar-refractivity contribution in [2.75, 3.05) is 24.7 Å². The van der Waals surface area contributed by atoms with E-state index in [1.165, 1.54) is 25.1 Å². The van der Waals surface area contributed by atoms with Crippen molar-refractivity contribution >= 4 is 17.4 Å². The van der Waals surface area contributed by atoms with E-state index in [0.29, 0.717) is 22.9 Å². The molecule has 0 aliphatic carbocycles. The van der Waals surface area contributed by atoms with Crippen LogP contribution in [0.5, 0.6) is 0 Å². The van der Waals surface area contributed by atoms with E-state index in [4.69, 9.17) is 0 Å². The third kappa shape index (κ3) is 6.81. The fraction of sp³-hybridized carbons (Fsp3) is 0.368. The molecule has 0 spiro atoms. The van der Waals surface area contributed by atoms with Gasteiger partial charge >= 0.3 is 12.4 Å². The summed E-state index contributed by atoms with van der Waals surface area (Å²) in [5.74, 6) is -1.77. The average molecular weight is 440 g/mol. The van der Waals surface area contributed by atoms with Crippen LogP contribution in [0.1, 0.15) is 22.7 Å². The van der Waals surface area contributed by atoms with E-state index in [2.05, 4.69) is 10.6 Å². The highest BCUT2D eigenvalue weighted by molar-refractivity contribution is 7.99. The van der Waals surface area contributed by atoms with Crippen LogP contribution in [0.25, 0.3) is 0 Å². The van der Waals surface area contributed by atoms with Crippen LogP contribution >= 0.6 is 11.8 Å². The predicted octanol–water partition coefficient (Wildman–Crippen LogP) is 6.18. The number of alkyl halides is 6. The van der Waals surface area contributed by atoms with Crippen LogP contribution in [0.15, 0.2) is 41.3 Å². The van der Waals surface area contributed by atoms with Gasteiger partial charge in [-0.3, -0.25) is 0 Å². The summed E-state index contributed by atoms with van der Waals surface area (Å²) in [6.45, 7) is 1.76. The summed E-state index contributed by atoms with van der Waals surface area (Å²) in [6, 6.07) is 6.23. The zero-order valence-electron chi connectivity index (χ0n) is 15.5. The Labute approximate surface area is 167 Å². The van der Waals surface area contributed by atoms with Crippen LogP contribution in [0.3, 0.4) is 0 Å². The van der Waals surface area contributed by atoms with Crippen LogP contribution in [0.4, 0.5) is 36.4 Å². The molecule has 0 aromatic heterocycles. The minimum Gasteiger partial charge on any atom is -0.375 e. The first kappa shape index (κ1) is 23.3. The van der Waals surface area contributed by atoms with E-state index in [0.717, 1.165) is 18.2 Å². The molecule has 2 aromatic carbocycles. The van der Waals surface area contributed by atoms with Crippen molar-refractivity contribution < 1.29 is 30.7 Å². The number of aryl methyl sites for hydroxylation is 1. The standard InChI is InChI=1S/C19H19F7N2S/c1-11-7-14(20)15(8-17(11)29-10-18(21,22)23)28-16(9-27-2)12-3-5-13(6-4-12)19(24,25)26/h3-8,16,27-28H,9-10H2,1-2H3. The van der Waals surface area contributed by atoms with E-state index in [1.54, 1.807) is 7.05 Å². The maximum Gasteiger partial charge on any atom is 0.416 e. The summed E-state index contributed by atoms with van der Waals surface area (Å²) in [4.78, 5) is 0.266. The fourth-order valence-corrected chi connectivity index (χ4v) is 3.43. The predicted molar refractivity (Wildman–Crippen MR) is 99.7 cm³/mol. The molecular weight excluding hydrogens is 421 g/mol. The topological polar surface area (TPSA) is 24.1 Å². The molecule has 1 unspecified atom stereocenters. The lowest BCUT2D eigenvalue weighted by Gasteiger charge is -2.22. The molecule has 0 aliphatic heterocycles. The Kier molecular flexibility index (Phi) is 7.45. The number of halogens is 7. The Morgan fingerprint density at radius 1 is 1.00 bits per heavy atom. The molecule has 0 saturated heterocycles. The van der Waals surface area contributed by atoms with E-state index < -0.39 is 35.5 Å². The van der Waals surface area contributed by atoms with E-state index in [9.17, 15) is 30.7 Å². The molecule has 160 valence electrons. The highest BCUT2D eigenvalue weighted by atomic mass is 32.2. The highest BCUT2D eigenvalue weighted by Crippen LogP contribution is 2.34. The Balaban J connectivity index is 2.27. The molecule has 1 atom stereocenters. The third-order valence-corrected chi connectivity index (χ3v) is 5.26. The van der Waals surface area contributed by atoms with Crippen LogP contribution in [-0.2, 0) is 6.18 Å². The number of hydrogen-bond donors (Lipinski definition) is 2. The zero-order chi connectivity index (χ0) is 21.8. The number of likely N-dealkylation sites (N-methyl/N-ethyl adjacent to an activating group) is 1. The summed E-state index contributed by atoms with van der Waals surface area (Å²) < 4.78 is 90.1. The van der Waals surface area contributed by atoms with Gasteiger partial charge in [-0.15, -0.1) is 11.8 Å². The highest BCUT2D eigenvalue weighted by Gasteiger charge is 2.30. The Hall–Kier alpha value is -1.94. The van der Waals surface area contributed by atoms with Crippen molar-refractivity contribution in [1.82, 2.24) is 5.32 Å². The lowest BCUT2D eigenvalue weighted by Crippen LogP contribution is -2.24. The Morgan fingerprint density at radius 3 is 2.14 bits per heavy atom. The Bertz CT molecular complexity index is 817. The number of benzene rings is 2. The molecule has 2 aromatic rings. The Morgan fingerprint density at radius 2 is 1.62 bits per heavy atom. The summed E-state index contributed by atoms with van der Waals surface area (Å²) in [5, 5.41) is 5.73. The van der Waals surface area contributed by atoms with Crippen molar-refractivity contribution in [3.05, 3.63) is 58.9 Å². The molecule has 0 fully saturated rings. The molecule has 2 rings (SSSR count). The second kappa shape index (κ2) is 9.25. The van der Waals surface area contributed by atoms with Gasteiger partial charge in [-0.05, 0) is 49.4 Å². The van der Waals surface area contributed by atoms with Crippen molar-refractivity contribution in [1.29, 1.82) is 0 Å². The lowest BCUT2D eigenvalue weighted by atomic mass is 10.0. The molecule has 2 N–H and O–H groups in total. The molecule has 0 amide bonds. The summed E-state index contributed by atoms with van der Waals surface area (Å²) in [6.07, 6.45) is -8.84. The van der Waals surface area contributed by atoms with Crippen molar-refractivity contribution in [3.63, 3.8) is 0 Å². The van der Waals surface area contributed by atoms with Gasteiger partial charge in [-0.1, -0.05) is 12.1 Å². The number of thioether (sulfide) groups is 1. The minimum absolute atomic E-state index is 0.0274. The second-order valence-corrected chi connectivity index (χ2v) is 7.39. The average Bonchev–Trinajstić information content (AvgIpc) is 2.61. The molecule has 0 bridgehead atoms. The summed E-state index contributed by atoms with van der Waals surface area (Å²) in [5.41, 5.74) is -0.00366. The fourth-order valence-electron chi connectivity index (χ4n) is 2.63. The van der Waals surface area contributed by atoms with E-state index in [1.807, 2.05) is 0 Å². The number of rotatable bonds is 7. The maximum absolute atomic E-state index is 14.4. The first-order valence-corrected chi connectivity index (χ1v) is 9.47. The van der Waals surface area contributed by atoms with Gasteiger partial charge in [0.25, 0.3) is 0 Å². The summed E-state index contributed by atoms with van der Waals surface area (Å²) in [7, 11) is 1.62. The molecule has 0 aliphatic rings. The molecule has 0 radical (unpaired) electrons. The first-order valence-electron chi connectivity index (χ1n) is 8.48. The van der Waals surface area contributed by atoms with Crippen LogP contribution < -0.4 is 10.6 Å². The van der Waals surface area contributed by atoms with Crippen molar-refractivity contribution in [2.24, 2.45) is 0 Å².